The van der Waals surface area contributed by atoms with Crippen LogP contribution in [0.1, 0.15) is 10.6 Å². The molecule has 62 valence electrons. The Hall–Kier alpha value is -0.160. The fraction of sp³-hybridized carbons (Fsp3) is 0.222. The lowest BCUT2D eigenvalue weighted by Crippen LogP contribution is -1.81. The summed E-state index contributed by atoms with van der Waals surface area (Å²) in [7, 11) is 0. The van der Waals surface area contributed by atoms with Crippen LogP contribution >= 0.6 is 33.9 Å². The summed E-state index contributed by atoms with van der Waals surface area (Å²) < 4.78 is 2.59. The van der Waals surface area contributed by atoms with Gasteiger partial charge in [-0.1, -0.05) is 0 Å². The van der Waals surface area contributed by atoms with Gasteiger partial charge in [0.05, 0.1) is 15.2 Å². The SMILES string of the molecule is Cc1nc2c(C)c(I)ccc2s1. The van der Waals surface area contributed by atoms with Crippen LogP contribution in [0.4, 0.5) is 0 Å². The summed E-state index contributed by atoms with van der Waals surface area (Å²) in [6.45, 7) is 4.18. The molecule has 0 aliphatic heterocycles. The molecule has 0 amide bonds. The molecular formula is C9H8INS. The van der Waals surface area contributed by atoms with Gasteiger partial charge >= 0.3 is 0 Å². The van der Waals surface area contributed by atoms with E-state index in [-0.39, 0.29) is 0 Å². The Labute approximate surface area is 89.0 Å². The first kappa shape index (κ1) is 8.44. The maximum Gasteiger partial charge on any atom is 0.0907 e. The molecule has 0 bridgehead atoms. The van der Waals surface area contributed by atoms with Gasteiger partial charge in [-0.25, -0.2) is 4.98 Å². The molecule has 3 heteroatoms. The van der Waals surface area contributed by atoms with Crippen molar-refractivity contribution >= 4 is 44.1 Å². The van der Waals surface area contributed by atoms with Gasteiger partial charge in [-0.15, -0.1) is 11.3 Å². The molecule has 0 saturated heterocycles. The van der Waals surface area contributed by atoms with Crippen molar-refractivity contribution < 1.29 is 0 Å². The second-order valence-corrected chi connectivity index (χ2v) is 5.15. The predicted molar refractivity (Wildman–Crippen MR) is 61.8 cm³/mol. The summed E-state index contributed by atoms with van der Waals surface area (Å²) in [6, 6.07) is 4.30. The monoisotopic (exact) mass is 289 g/mol. The van der Waals surface area contributed by atoms with Gasteiger partial charge in [-0.3, -0.25) is 0 Å². The molecule has 1 heterocycles. The van der Waals surface area contributed by atoms with Crippen LogP contribution in [0, 0.1) is 17.4 Å². The zero-order valence-corrected chi connectivity index (χ0v) is 9.86. The molecule has 0 aliphatic rings. The largest absolute Gasteiger partial charge is 0.241 e. The zero-order chi connectivity index (χ0) is 8.72. The fourth-order valence-corrected chi connectivity index (χ4v) is 2.53. The normalized spacial score (nSPS) is 10.9. The molecule has 12 heavy (non-hydrogen) atoms. The minimum Gasteiger partial charge on any atom is -0.241 e. The van der Waals surface area contributed by atoms with Crippen molar-refractivity contribution in [3.05, 3.63) is 26.3 Å². The van der Waals surface area contributed by atoms with Crippen LogP contribution in [-0.4, -0.2) is 4.98 Å². The molecule has 2 rings (SSSR count). The lowest BCUT2D eigenvalue weighted by atomic mass is 10.2. The number of hydrogen-bond donors (Lipinski definition) is 0. The van der Waals surface area contributed by atoms with E-state index in [1.54, 1.807) is 11.3 Å². The number of aromatic nitrogens is 1. The van der Waals surface area contributed by atoms with Crippen LogP contribution < -0.4 is 0 Å². The van der Waals surface area contributed by atoms with Gasteiger partial charge in [0, 0.05) is 3.57 Å². The molecule has 2 aromatic rings. The molecule has 0 spiro atoms. The van der Waals surface area contributed by atoms with Crippen molar-refractivity contribution in [3.63, 3.8) is 0 Å². The first-order valence-electron chi connectivity index (χ1n) is 3.71. The van der Waals surface area contributed by atoms with Crippen molar-refractivity contribution in [1.82, 2.24) is 4.98 Å². The van der Waals surface area contributed by atoms with Crippen LogP contribution in [0.2, 0.25) is 0 Å². The molecule has 0 atom stereocenters. The summed E-state index contributed by atoms with van der Waals surface area (Å²) in [5.41, 5.74) is 2.47. The summed E-state index contributed by atoms with van der Waals surface area (Å²) in [5, 5.41) is 1.15. The maximum absolute atomic E-state index is 4.49. The Morgan fingerprint density at radius 3 is 2.83 bits per heavy atom. The number of halogens is 1. The van der Waals surface area contributed by atoms with Crippen molar-refractivity contribution in [1.29, 1.82) is 0 Å². The molecule has 0 unspecified atom stereocenters. The Morgan fingerprint density at radius 2 is 2.08 bits per heavy atom. The van der Waals surface area contributed by atoms with Crippen LogP contribution in [0.3, 0.4) is 0 Å². The lowest BCUT2D eigenvalue weighted by Gasteiger charge is -1.96. The molecule has 1 aromatic heterocycles. The molecule has 0 saturated carbocycles. The number of aryl methyl sites for hydroxylation is 2. The van der Waals surface area contributed by atoms with Crippen LogP contribution in [-0.2, 0) is 0 Å². The lowest BCUT2D eigenvalue weighted by molar-refractivity contribution is 1.32. The topological polar surface area (TPSA) is 12.9 Å². The maximum atomic E-state index is 4.49. The number of rotatable bonds is 0. The summed E-state index contributed by atoms with van der Waals surface area (Å²) in [4.78, 5) is 4.49. The van der Waals surface area contributed by atoms with E-state index >= 15 is 0 Å². The number of benzene rings is 1. The molecule has 0 aliphatic carbocycles. The van der Waals surface area contributed by atoms with Crippen molar-refractivity contribution in [3.8, 4) is 0 Å². The third-order valence-electron chi connectivity index (χ3n) is 1.85. The van der Waals surface area contributed by atoms with E-state index in [0.717, 1.165) is 5.01 Å². The molecule has 0 radical (unpaired) electrons. The minimum atomic E-state index is 1.15. The van der Waals surface area contributed by atoms with Crippen LogP contribution in [0.25, 0.3) is 10.2 Å². The van der Waals surface area contributed by atoms with Gasteiger partial charge in [0.1, 0.15) is 0 Å². The second-order valence-electron chi connectivity index (χ2n) is 2.75. The average molecular weight is 289 g/mol. The standard InChI is InChI=1S/C9H8INS/c1-5-7(10)3-4-8-9(5)11-6(2)12-8/h3-4H,1-2H3. The van der Waals surface area contributed by atoms with Crippen molar-refractivity contribution in [2.75, 3.05) is 0 Å². The Morgan fingerprint density at radius 1 is 1.33 bits per heavy atom. The molecular weight excluding hydrogens is 281 g/mol. The molecule has 1 nitrogen and oxygen atoms in total. The van der Waals surface area contributed by atoms with Crippen LogP contribution in [0.15, 0.2) is 12.1 Å². The van der Waals surface area contributed by atoms with Crippen LogP contribution in [0.5, 0.6) is 0 Å². The van der Waals surface area contributed by atoms with Gasteiger partial charge < -0.3 is 0 Å². The fourth-order valence-electron chi connectivity index (χ4n) is 1.21. The zero-order valence-electron chi connectivity index (χ0n) is 6.89. The first-order chi connectivity index (χ1) is 5.68. The predicted octanol–water partition coefficient (Wildman–Crippen LogP) is 3.52. The smallest absolute Gasteiger partial charge is 0.0907 e. The van der Waals surface area contributed by atoms with Gasteiger partial charge in [-0.2, -0.15) is 0 Å². The Bertz CT molecular complexity index is 433. The number of thiazole rings is 1. The summed E-state index contributed by atoms with van der Waals surface area (Å²) in [5.74, 6) is 0. The summed E-state index contributed by atoms with van der Waals surface area (Å²) in [6.07, 6.45) is 0. The average Bonchev–Trinajstić information content (AvgIpc) is 2.39. The van der Waals surface area contributed by atoms with E-state index in [1.807, 2.05) is 0 Å². The highest BCUT2D eigenvalue weighted by molar-refractivity contribution is 14.1. The number of nitrogens with zero attached hydrogens (tertiary/aromatic N) is 1. The second kappa shape index (κ2) is 2.96. The van der Waals surface area contributed by atoms with E-state index in [0.29, 0.717) is 0 Å². The van der Waals surface area contributed by atoms with E-state index in [9.17, 15) is 0 Å². The minimum absolute atomic E-state index is 1.15. The van der Waals surface area contributed by atoms with Gasteiger partial charge in [0.25, 0.3) is 0 Å². The van der Waals surface area contributed by atoms with Crippen molar-refractivity contribution in [2.24, 2.45) is 0 Å². The number of fused-ring (bicyclic) bond motifs is 1. The van der Waals surface area contributed by atoms with E-state index < -0.39 is 0 Å². The van der Waals surface area contributed by atoms with E-state index in [2.05, 4.69) is 53.6 Å². The Balaban J connectivity index is 2.89. The number of hydrogen-bond acceptors (Lipinski definition) is 2. The van der Waals surface area contributed by atoms with Crippen molar-refractivity contribution in [2.45, 2.75) is 13.8 Å². The first-order valence-corrected chi connectivity index (χ1v) is 5.60. The van der Waals surface area contributed by atoms with E-state index in [4.69, 9.17) is 0 Å². The van der Waals surface area contributed by atoms with E-state index in [1.165, 1.54) is 19.4 Å². The summed E-state index contributed by atoms with van der Waals surface area (Å²) >= 11 is 4.11. The highest BCUT2D eigenvalue weighted by Gasteiger charge is 2.04. The molecule has 1 aromatic carbocycles. The highest BCUT2D eigenvalue weighted by Crippen LogP contribution is 2.26. The third kappa shape index (κ3) is 1.25. The van der Waals surface area contributed by atoms with Gasteiger partial charge in [-0.05, 0) is 54.1 Å². The molecule has 0 N–H and O–H groups in total. The van der Waals surface area contributed by atoms with Gasteiger partial charge in [0.2, 0.25) is 0 Å². The third-order valence-corrected chi connectivity index (χ3v) is 3.96. The Kier molecular flexibility index (Phi) is 2.08. The highest BCUT2D eigenvalue weighted by atomic mass is 127. The quantitative estimate of drug-likeness (QED) is 0.676. The van der Waals surface area contributed by atoms with Gasteiger partial charge in [0.15, 0.2) is 0 Å². The molecule has 0 fully saturated rings.